The first kappa shape index (κ1) is 54.1. The highest BCUT2D eigenvalue weighted by atomic mass is 32.2. The van der Waals surface area contributed by atoms with E-state index in [0.717, 1.165) is 67.4 Å². The zero-order valence-electron chi connectivity index (χ0n) is 52.7. The Morgan fingerprint density at radius 1 is 0.284 bits per heavy atom. The molecule has 0 aliphatic carbocycles. The van der Waals surface area contributed by atoms with E-state index in [0.29, 0.717) is 0 Å². The Balaban J connectivity index is 0.942. The van der Waals surface area contributed by atoms with Gasteiger partial charge in [-0.2, -0.15) is 0 Å². The molecule has 0 atom stereocenters. The van der Waals surface area contributed by atoms with E-state index in [2.05, 4.69) is 353 Å². The predicted molar refractivity (Wildman–Crippen MR) is 403 cm³/mol. The van der Waals surface area contributed by atoms with E-state index in [1.54, 1.807) is 0 Å². The Labute approximate surface area is 554 Å². The molecule has 0 N–H and O–H groups in total. The molecule has 0 fully saturated rings. The molecule has 0 unspecified atom stereocenters. The summed E-state index contributed by atoms with van der Waals surface area (Å²) in [7, 11) is 0. The standard InChI is InChI=1S/C88H60BN5S/c1-88(2,3)55-51-81-84-83(52-55)95-82-54-59(91-76-43-18-12-31-62(76)63-32-13-19-44-77(63)91)48-50-73(82)89(84)72-49-47-58(90-74-41-16-10-29-60(74)61-30-11-17-42-75(61)90)53-80(72)94(81)87-70(68-37-22-35-66-64-33-14-20-45-78(64)92(85(66)68)56-25-6-4-7-26-56)39-24-40-71(87)69-38-23-36-67-65-34-15-21-46-79(65)93(86(67)69)57-27-8-5-9-28-57/h4-54H,1-3H3. The van der Waals surface area contributed by atoms with Crippen LogP contribution in [0.15, 0.2) is 319 Å². The zero-order chi connectivity index (χ0) is 62.8. The van der Waals surface area contributed by atoms with Crippen LogP contribution in [0, 0.1) is 0 Å². The minimum absolute atomic E-state index is 0.111. The fourth-order valence-electron chi connectivity index (χ4n) is 16.5. The fraction of sp³-hybridized carbons (Fsp3) is 0.0455. The largest absolute Gasteiger partial charge is 0.310 e. The Morgan fingerprint density at radius 2 is 0.663 bits per heavy atom. The van der Waals surface area contributed by atoms with Crippen molar-refractivity contribution in [3.8, 4) is 45.0 Å². The second-order valence-corrected chi connectivity index (χ2v) is 27.8. The summed E-state index contributed by atoms with van der Waals surface area (Å²) in [5.74, 6) is 0. The normalized spacial score (nSPS) is 12.9. The molecule has 0 radical (unpaired) electrons. The lowest BCUT2D eigenvalue weighted by Gasteiger charge is -2.43. The van der Waals surface area contributed by atoms with Crippen LogP contribution in [0.5, 0.6) is 0 Å². The van der Waals surface area contributed by atoms with E-state index in [-0.39, 0.29) is 12.1 Å². The molecule has 2 aliphatic heterocycles. The molecule has 5 nitrogen and oxygen atoms in total. The van der Waals surface area contributed by atoms with E-state index in [1.165, 1.54) is 114 Å². The van der Waals surface area contributed by atoms with Crippen LogP contribution in [0.2, 0.25) is 0 Å². The van der Waals surface area contributed by atoms with Crippen molar-refractivity contribution < 1.29 is 0 Å². The van der Waals surface area contributed by atoms with Crippen LogP contribution in [0.3, 0.4) is 0 Å². The minimum atomic E-state index is -0.226. The van der Waals surface area contributed by atoms with Crippen molar-refractivity contribution in [2.24, 2.45) is 0 Å². The lowest BCUT2D eigenvalue weighted by atomic mass is 9.34. The van der Waals surface area contributed by atoms with Crippen LogP contribution in [0.1, 0.15) is 26.3 Å². The Hall–Kier alpha value is -11.5. The summed E-state index contributed by atoms with van der Waals surface area (Å²) >= 11 is 1.94. The van der Waals surface area contributed by atoms with Crippen molar-refractivity contribution >= 4 is 139 Å². The number of nitrogens with zero attached hydrogens (tertiary/aromatic N) is 5. The summed E-state index contributed by atoms with van der Waals surface area (Å²) in [6.07, 6.45) is 0. The average Bonchev–Trinajstić information content (AvgIpc) is 1.58. The smallest absolute Gasteiger partial charge is 0.249 e. The third kappa shape index (κ3) is 7.88. The molecule has 0 saturated carbocycles. The molecule has 446 valence electrons. The number of hydrogen-bond acceptors (Lipinski definition) is 2. The van der Waals surface area contributed by atoms with Gasteiger partial charge in [-0.15, -0.1) is 0 Å². The van der Waals surface area contributed by atoms with Gasteiger partial charge in [0.25, 0.3) is 0 Å². The first-order valence-corrected chi connectivity index (χ1v) is 33.8. The maximum absolute atomic E-state index is 2.74. The van der Waals surface area contributed by atoms with Crippen molar-refractivity contribution in [3.63, 3.8) is 0 Å². The third-order valence-electron chi connectivity index (χ3n) is 20.5. The van der Waals surface area contributed by atoms with Gasteiger partial charge in [0, 0.05) is 109 Å². The van der Waals surface area contributed by atoms with Crippen molar-refractivity contribution in [2.75, 3.05) is 4.90 Å². The number of fused-ring (bicyclic) bond motifs is 16. The summed E-state index contributed by atoms with van der Waals surface area (Å²) < 4.78 is 9.99. The molecule has 18 aromatic rings. The predicted octanol–water partition coefficient (Wildman–Crippen LogP) is 21.5. The summed E-state index contributed by atoms with van der Waals surface area (Å²) in [4.78, 5) is 5.29. The second-order valence-electron chi connectivity index (χ2n) is 26.7. The highest BCUT2D eigenvalue weighted by Crippen LogP contribution is 2.54. The SMILES string of the molecule is CC(C)(C)c1cc2c3c(c1)N(c1c(-c4cccc5c6ccccc6n(-c6ccccc6)c45)cccc1-c1cccc4c5ccccc5n(-c5ccccc5)c14)c1cc(-n4c5ccccc5c5ccccc54)ccc1B3c1ccc(-n3c4ccccc4c4ccccc43)cc1S2. The Kier molecular flexibility index (Phi) is 11.7. The van der Waals surface area contributed by atoms with E-state index < -0.39 is 0 Å². The number of hydrogen-bond donors (Lipinski definition) is 0. The molecule has 4 aromatic heterocycles. The zero-order valence-corrected chi connectivity index (χ0v) is 53.5. The van der Waals surface area contributed by atoms with E-state index >= 15 is 0 Å². The molecule has 0 bridgehead atoms. The Morgan fingerprint density at radius 3 is 1.13 bits per heavy atom. The molecule has 0 spiro atoms. The molecule has 2 aliphatic rings. The minimum Gasteiger partial charge on any atom is -0.310 e. The van der Waals surface area contributed by atoms with Gasteiger partial charge in [-0.1, -0.05) is 250 Å². The quantitative estimate of drug-likeness (QED) is 0.148. The van der Waals surface area contributed by atoms with Gasteiger partial charge in [0.05, 0.1) is 49.8 Å². The van der Waals surface area contributed by atoms with Crippen LogP contribution >= 0.6 is 11.8 Å². The van der Waals surface area contributed by atoms with Gasteiger partial charge < -0.3 is 23.2 Å². The topological polar surface area (TPSA) is 23.0 Å². The lowest BCUT2D eigenvalue weighted by molar-refractivity contribution is 0.589. The van der Waals surface area contributed by atoms with Crippen molar-refractivity contribution in [1.82, 2.24) is 18.3 Å². The maximum atomic E-state index is 2.74. The van der Waals surface area contributed by atoms with Crippen LogP contribution in [0.25, 0.3) is 132 Å². The monoisotopic (exact) mass is 1230 g/mol. The van der Waals surface area contributed by atoms with Crippen molar-refractivity contribution in [3.05, 3.63) is 315 Å². The van der Waals surface area contributed by atoms with Gasteiger partial charge >= 0.3 is 0 Å². The summed E-state index contributed by atoms with van der Waals surface area (Å²) in [6, 6.07) is 116. The van der Waals surface area contributed by atoms with Gasteiger partial charge in [0.15, 0.2) is 0 Å². The van der Waals surface area contributed by atoms with Crippen LogP contribution in [-0.4, -0.2) is 25.0 Å². The Bertz CT molecular complexity index is 5980. The number of rotatable bonds is 7. The molecule has 7 heteroatoms. The van der Waals surface area contributed by atoms with Gasteiger partial charge in [-0.25, -0.2) is 0 Å². The van der Waals surface area contributed by atoms with E-state index in [4.69, 9.17) is 0 Å². The fourth-order valence-corrected chi connectivity index (χ4v) is 17.7. The first-order chi connectivity index (χ1) is 46.8. The molecule has 0 saturated heterocycles. The summed E-state index contributed by atoms with van der Waals surface area (Å²) in [5, 5.41) is 9.83. The highest BCUT2D eigenvalue weighted by molar-refractivity contribution is 8.00. The summed E-state index contributed by atoms with van der Waals surface area (Å²) in [5.41, 5.74) is 26.9. The van der Waals surface area contributed by atoms with E-state index in [9.17, 15) is 0 Å². The highest BCUT2D eigenvalue weighted by Gasteiger charge is 2.44. The van der Waals surface area contributed by atoms with Gasteiger partial charge in [-0.05, 0) is 119 Å². The molecule has 6 heterocycles. The lowest BCUT2D eigenvalue weighted by Crippen LogP contribution is -2.60. The number of benzene rings is 14. The second kappa shape index (κ2) is 20.5. The van der Waals surface area contributed by atoms with Gasteiger partial charge in [-0.3, -0.25) is 0 Å². The van der Waals surface area contributed by atoms with Gasteiger partial charge in [0.1, 0.15) is 0 Å². The van der Waals surface area contributed by atoms with E-state index in [1.807, 2.05) is 11.8 Å². The van der Waals surface area contributed by atoms with Crippen LogP contribution in [-0.2, 0) is 5.41 Å². The molecule has 95 heavy (non-hydrogen) atoms. The third-order valence-corrected chi connectivity index (χ3v) is 21.7. The average molecular weight is 1230 g/mol. The van der Waals surface area contributed by atoms with Crippen molar-refractivity contribution in [1.29, 1.82) is 0 Å². The number of para-hydroxylation sites is 11. The van der Waals surface area contributed by atoms with Crippen molar-refractivity contribution in [2.45, 2.75) is 36.0 Å². The molecule has 14 aromatic carbocycles. The molecule has 20 rings (SSSR count). The van der Waals surface area contributed by atoms with Gasteiger partial charge in [0.2, 0.25) is 6.71 Å². The number of anilines is 3. The number of aromatic nitrogens is 4. The first-order valence-electron chi connectivity index (χ1n) is 33.0. The van der Waals surface area contributed by atoms with Crippen LogP contribution in [0.4, 0.5) is 17.1 Å². The molecule has 0 amide bonds. The molecular formula is C88H60BN5S. The summed E-state index contributed by atoms with van der Waals surface area (Å²) in [6.45, 7) is 7.04. The van der Waals surface area contributed by atoms with Crippen LogP contribution < -0.4 is 21.3 Å². The maximum Gasteiger partial charge on any atom is 0.249 e. The molecular weight excluding hydrogens is 1170 g/mol.